The van der Waals surface area contributed by atoms with Crippen molar-refractivity contribution in [3.05, 3.63) is 58.9 Å². The van der Waals surface area contributed by atoms with E-state index >= 15 is 4.79 Å². The van der Waals surface area contributed by atoms with Crippen molar-refractivity contribution >= 4 is 17.7 Å². The van der Waals surface area contributed by atoms with Crippen LogP contribution < -0.4 is 5.32 Å². The van der Waals surface area contributed by atoms with Gasteiger partial charge in [-0.15, -0.1) is 0 Å². The van der Waals surface area contributed by atoms with E-state index in [0.717, 1.165) is 24.0 Å². The van der Waals surface area contributed by atoms with Gasteiger partial charge in [0.2, 0.25) is 11.7 Å². The predicted octanol–water partition coefficient (Wildman–Crippen LogP) is 6.99. The Morgan fingerprint density at radius 2 is 1.28 bits per heavy atom. The lowest BCUT2D eigenvalue weighted by Gasteiger charge is -2.57. The molecule has 89 heavy (non-hydrogen) atoms. The van der Waals surface area contributed by atoms with Gasteiger partial charge in [-0.2, -0.15) is 0 Å². The van der Waals surface area contributed by atoms with Crippen molar-refractivity contribution in [3.8, 4) is 0 Å². The fourth-order valence-corrected chi connectivity index (χ4v) is 17.3. The van der Waals surface area contributed by atoms with E-state index in [0.29, 0.717) is 19.3 Å². The second-order valence-corrected chi connectivity index (χ2v) is 28.7. The molecule has 31 unspecified atom stereocenters. The Balaban J connectivity index is 0.918. The lowest BCUT2D eigenvalue weighted by Crippen LogP contribution is -2.62. The highest BCUT2D eigenvalue weighted by Gasteiger charge is 2.64. The first-order chi connectivity index (χ1) is 41.9. The van der Waals surface area contributed by atoms with Gasteiger partial charge < -0.3 is 88.1 Å². The van der Waals surface area contributed by atoms with Crippen molar-refractivity contribution in [2.45, 2.75) is 295 Å². The third-order valence-corrected chi connectivity index (χ3v) is 21.7. The summed E-state index contributed by atoms with van der Waals surface area (Å²) in [7, 11) is 0. The van der Waals surface area contributed by atoms with Crippen molar-refractivity contribution in [2.75, 3.05) is 0 Å². The molecule has 1 spiro atoms. The van der Waals surface area contributed by atoms with E-state index in [1.165, 1.54) is 6.92 Å². The summed E-state index contributed by atoms with van der Waals surface area (Å²) >= 11 is 0. The number of allylic oxidation sites excluding steroid dienone is 4. The van der Waals surface area contributed by atoms with Gasteiger partial charge in [-0.05, 0) is 104 Å². The number of ether oxygens (including phenoxy) is 11. The first-order valence-electron chi connectivity index (χ1n) is 33.2. The minimum absolute atomic E-state index is 0.0322. The quantitative estimate of drug-likeness (QED) is 0.0556. The fraction of sp³-hybridized carbons (Fsp3) is 0.809. The molecule has 6 aliphatic heterocycles. The van der Waals surface area contributed by atoms with Gasteiger partial charge in [-0.25, -0.2) is 4.79 Å². The van der Waals surface area contributed by atoms with Crippen LogP contribution in [0.15, 0.2) is 58.9 Å². The molecule has 0 aromatic heterocycles. The van der Waals surface area contributed by atoms with Crippen LogP contribution in [-0.2, 0) is 66.5 Å². The van der Waals surface area contributed by atoms with Gasteiger partial charge in [0.1, 0.15) is 29.6 Å². The highest BCUT2D eigenvalue weighted by atomic mass is 16.8. The van der Waals surface area contributed by atoms with E-state index in [1.54, 1.807) is 27.7 Å². The Labute approximate surface area is 525 Å². The van der Waals surface area contributed by atoms with Crippen molar-refractivity contribution in [2.24, 2.45) is 52.8 Å². The summed E-state index contributed by atoms with van der Waals surface area (Å²) in [5.74, 6) is -4.57. The summed E-state index contributed by atoms with van der Waals surface area (Å²) in [4.78, 5) is 42.8. The second kappa shape index (κ2) is 27.1. The molecule has 10 aliphatic rings. The number of ketones is 1. The zero-order valence-corrected chi connectivity index (χ0v) is 54.6. The highest BCUT2D eigenvalue weighted by Crippen LogP contribution is 2.61. The average Bonchev–Trinajstić information content (AvgIpc) is 1.70. The van der Waals surface area contributed by atoms with Gasteiger partial charge >= 0.3 is 5.97 Å². The Morgan fingerprint density at radius 1 is 0.652 bits per heavy atom. The van der Waals surface area contributed by atoms with E-state index < -0.39 is 169 Å². The Morgan fingerprint density at radius 3 is 1.93 bits per heavy atom. The molecular weight excluding hydrogens is 1150 g/mol. The average molecular weight is 1250 g/mol. The van der Waals surface area contributed by atoms with E-state index in [9.17, 15) is 40.2 Å². The zero-order valence-electron chi connectivity index (χ0n) is 54.6. The van der Waals surface area contributed by atoms with Crippen molar-refractivity contribution in [1.82, 2.24) is 5.32 Å². The number of carbonyl (C=O) groups excluding carboxylic acids is 3. The SMILES string of the molecule is CCCC1C=CC2/C=C(/C)C(OC3CC(C)(O)C(NC(C)=O)C(C)O3)C(C)/C=C(/C)C3C=CC4C(OC5CC(O)C(OC6CC(OC7CCC(O)C(C)O7)C(OC7CC(O)C(O)C(C)O7)C(C)O6)C(C)O5)C(C)CC(C)C4C3(C)C(O)=C3C(=O)OC2(C1)C3=O. The van der Waals surface area contributed by atoms with Crippen molar-refractivity contribution < 1.29 is 97.1 Å². The number of hydrogen-bond acceptors (Lipinski definition) is 20. The number of carbonyl (C=O) groups is 3. The monoisotopic (exact) mass is 1250 g/mol. The number of aliphatic hydroxyl groups is 6. The molecule has 2 bridgehead atoms. The summed E-state index contributed by atoms with van der Waals surface area (Å²) in [6.07, 6.45) is 1.51. The number of Topliss-reactive ketones (excluding diaryl/α,β-unsaturated/α-hetero) is 1. The normalized spacial score (nSPS) is 50.8. The maximum atomic E-state index is 15.7. The van der Waals surface area contributed by atoms with Crippen LogP contribution in [0.4, 0.5) is 0 Å². The molecule has 7 N–H and O–H groups in total. The minimum atomic E-state index is -1.65. The van der Waals surface area contributed by atoms with E-state index in [2.05, 4.69) is 57.3 Å². The number of rotatable bonds is 13. The molecule has 10 rings (SSSR count). The van der Waals surface area contributed by atoms with Gasteiger partial charge in [-0.3, -0.25) is 9.59 Å². The van der Waals surface area contributed by atoms with Gasteiger partial charge in [-0.1, -0.05) is 83.1 Å². The number of nitrogens with one attached hydrogen (secondary N) is 1. The van der Waals surface area contributed by atoms with Crippen LogP contribution in [0.2, 0.25) is 0 Å². The topological polar surface area (TPSA) is 286 Å². The molecule has 21 heteroatoms. The van der Waals surface area contributed by atoms with E-state index in [1.807, 2.05) is 46.8 Å². The van der Waals surface area contributed by atoms with Crippen LogP contribution in [0, 0.1) is 52.8 Å². The number of amides is 1. The molecule has 1 saturated carbocycles. The van der Waals surface area contributed by atoms with E-state index in [-0.39, 0.29) is 78.9 Å². The molecule has 4 aliphatic carbocycles. The third-order valence-electron chi connectivity index (χ3n) is 21.7. The standard InChI is InChI=1S/C68H103NO20/c1-15-16-42-17-18-43-25-35(6)58(88-54-30-66(13,78)62(40(11)83-54)69-41(12)70)33(4)23-31(2)45-20-19-44-56(67(45,14)63(75)55-64(76)68(43,29-42)89-65(55)77)32(3)24-34(5)59(44)85-52-27-48(73)60(38(9)81-52)86-53-28-49(84-50-22-21-46(71)36(7)79-50)61(39(10)82-53)87-51-26-47(72)57(74)37(8)80-51/h17-20,23,25,32-34,36-40,42-54,56-62,71-75,78H,15-16,21-22,24,26-30H2,1-14H3,(H,69,70)/b31-23-,35-25-,63-55?. The second-order valence-electron chi connectivity index (χ2n) is 28.7. The lowest BCUT2D eigenvalue weighted by molar-refractivity contribution is -0.352. The third kappa shape index (κ3) is 13.6. The first kappa shape index (κ1) is 68.4. The molecule has 6 saturated heterocycles. The van der Waals surface area contributed by atoms with Gasteiger partial charge in [0.05, 0.1) is 78.8 Å². The van der Waals surface area contributed by atoms with Gasteiger partial charge in [0, 0.05) is 74.5 Å². The number of aliphatic hydroxyl groups excluding tert-OH is 5. The molecule has 0 aromatic rings. The molecule has 6 heterocycles. The van der Waals surface area contributed by atoms with Crippen molar-refractivity contribution in [1.29, 1.82) is 0 Å². The fourth-order valence-electron chi connectivity index (χ4n) is 17.3. The summed E-state index contributed by atoms with van der Waals surface area (Å²) in [6.45, 7) is 26.3. The maximum absolute atomic E-state index is 15.7. The summed E-state index contributed by atoms with van der Waals surface area (Å²) in [5.41, 5.74) is -3.01. The van der Waals surface area contributed by atoms with Gasteiger partial charge in [0.15, 0.2) is 37.1 Å². The smallest absolute Gasteiger partial charge is 0.346 e. The largest absolute Gasteiger partial charge is 0.511 e. The van der Waals surface area contributed by atoms with Crippen molar-refractivity contribution in [3.63, 3.8) is 0 Å². The number of esters is 1. The lowest BCUT2D eigenvalue weighted by atomic mass is 9.49. The van der Waals surface area contributed by atoms with Crippen LogP contribution in [0.1, 0.15) is 161 Å². The van der Waals surface area contributed by atoms with E-state index in [4.69, 9.17) is 52.1 Å². The summed E-state index contributed by atoms with van der Waals surface area (Å²) < 4.78 is 71.9. The van der Waals surface area contributed by atoms with Crippen LogP contribution in [0.25, 0.3) is 0 Å². The molecular formula is C68H103NO20. The number of fused-ring (bicyclic) bond motifs is 4. The molecule has 500 valence electrons. The highest BCUT2D eigenvalue weighted by molar-refractivity contribution is 6.26. The predicted molar refractivity (Wildman–Crippen MR) is 322 cm³/mol. The maximum Gasteiger partial charge on any atom is 0.346 e. The van der Waals surface area contributed by atoms with Gasteiger partial charge in [0.25, 0.3) is 0 Å². The van der Waals surface area contributed by atoms with Crippen LogP contribution in [-0.4, -0.2) is 182 Å². The molecule has 0 radical (unpaired) electrons. The zero-order chi connectivity index (χ0) is 64.5. The Bertz CT molecular complexity index is 2690. The first-order valence-corrected chi connectivity index (χ1v) is 33.2. The molecule has 21 nitrogen and oxygen atoms in total. The summed E-state index contributed by atoms with van der Waals surface area (Å²) in [5, 5.41) is 71.5. The van der Waals surface area contributed by atoms with Crippen LogP contribution in [0.3, 0.4) is 0 Å². The molecule has 0 aromatic carbocycles. The van der Waals surface area contributed by atoms with Crippen LogP contribution in [0.5, 0.6) is 0 Å². The molecule has 7 fully saturated rings. The Hall–Kier alpha value is -3.49. The van der Waals surface area contributed by atoms with Crippen LogP contribution >= 0.6 is 0 Å². The minimum Gasteiger partial charge on any atom is -0.511 e. The molecule has 31 atom stereocenters. The molecule has 1 amide bonds. The summed E-state index contributed by atoms with van der Waals surface area (Å²) in [6, 6.07) is -0.685. The number of hydrogen-bond donors (Lipinski definition) is 7. The Kier molecular flexibility index (Phi) is 20.8.